The van der Waals surface area contributed by atoms with Crippen molar-refractivity contribution in [2.75, 3.05) is 0 Å². The summed E-state index contributed by atoms with van der Waals surface area (Å²) < 4.78 is 0. The molecule has 2 bridgehead atoms. The maximum Gasteiger partial charge on any atom is 0.173 e. The van der Waals surface area contributed by atoms with Crippen molar-refractivity contribution in [3.05, 3.63) is 76.5 Å². The summed E-state index contributed by atoms with van der Waals surface area (Å²) in [4.78, 5) is 13.2. The fourth-order valence-electron chi connectivity index (χ4n) is 4.44. The van der Waals surface area contributed by atoms with Crippen molar-refractivity contribution in [1.29, 1.82) is 0 Å². The molecule has 2 aliphatic carbocycles. The Labute approximate surface area is 165 Å². The maximum atomic E-state index is 13.2. The van der Waals surface area contributed by atoms with Crippen LogP contribution in [0, 0.1) is 11.8 Å². The van der Waals surface area contributed by atoms with Crippen LogP contribution in [0.5, 0.6) is 0 Å². The molecule has 2 aromatic carbocycles. The van der Waals surface area contributed by atoms with E-state index in [0.29, 0.717) is 10.6 Å². The predicted octanol–water partition coefficient (Wildman–Crippen LogP) is 6.39. The highest BCUT2D eigenvalue weighted by atomic mass is 35.5. The van der Waals surface area contributed by atoms with Crippen molar-refractivity contribution in [2.45, 2.75) is 32.6 Å². The van der Waals surface area contributed by atoms with Gasteiger partial charge in [0.05, 0.1) is 5.57 Å². The van der Waals surface area contributed by atoms with Crippen LogP contribution in [0.2, 0.25) is 5.02 Å². The van der Waals surface area contributed by atoms with Gasteiger partial charge in [-0.1, -0.05) is 61.4 Å². The van der Waals surface area contributed by atoms with Crippen LogP contribution in [0.4, 0.5) is 0 Å². The van der Waals surface area contributed by atoms with Gasteiger partial charge in [-0.15, -0.1) is 0 Å². The summed E-state index contributed by atoms with van der Waals surface area (Å²) in [6.45, 7) is 6.19. The van der Waals surface area contributed by atoms with Crippen LogP contribution in [0.25, 0.3) is 16.7 Å². The van der Waals surface area contributed by atoms with Gasteiger partial charge in [0, 0.05) is 16.9 Å². The number of carbonyl (C=O) groups excluding carboxylic acids is 1. The summed E-state index contributed by atoms with van der Waals surface area (Å²) >= 11 is 6.01. The normalized spacial score (nSPS) is 22.3. The molecule has 2 aromatic rings. The number of ketones is 1. The van der Waals surface area contributed by atoms with E-state index in [1.165, 1.54) is 0 Å². The summed E-state index contributed by atoms with van der Waals surface area (Å²) in [6.07, 6.45) is 3.47. The topological polar surface area (TPSA) is 37.3 Å². The highest BCUT2D eigenvalue weighted by Gasteiger charge is 2.42. The number of fused-ring (bicyclic) bond motifs is 2. The molecule has 138 valence electrons. The lowest BCUT2D eigenvalue weighted by molar-refractivity contribution is -0.117. The predicted molar refractivity (Wildman–Crippen MR) is 111 cm³/mol. The molecule has 2 atom stereocenters. The second kappa shape index (κ2) is 7.01. The lowest BCUT2D eigenvalue weighted by atomic mass is 9.67. The first-order valence-corrected chi connectivity index (χ1v) is 9.94. The molecule has 4 rings (SSSR count). The molecule has 1 saturated carbocycles. The number of allylic oxidation sites excluding steroid dienone is 2. The van der Waals surface area contributed by atoms with E-state index in [9.17, 15) is 9.90 Å². The molecule has 0 saturated heterocycles. The van der Waals surface area contributed by atoms with Gasteiger partial charge in [-0.2, -0.15) is 0 Å². The quantitative estimate of drug-likeness (QED) is 0.628. The van der Waals surface area contributed by atoms with Crippen LogP contribution in [0.3, 0.4) is 0 Å². The monoisotopic (exact) mass is 378 g/mol. The molecule has 0 radical (unpaired) electrons. The molecule has 3 heteroatoms. The molecule has 0 aliphatic heterocycles. The zero-order valence-electron chi connectivity index (χ0n) is 15.5. The van der Waals surface area contributed by atoms with Crippen LogP contribution in [0.1, 0.15) is 37.3 Å². The van der Waals surface area contributed by atoms with Gasteiger partial charge >= 0.3 is 0 Å². The van der Waals surface area contributed by atoms with Crippen LogP contribution in [-0.2, 0) is 11.2 Å². The van der Waals surface area contributed by atoms with Gasteiger partial charge in [-0.05, 0) is 59.7 Å². The lowest BCUT2D eigenvalue weighted by Crippen LogP contribution is -2.33. The zero-order chi connectivity index (χ0) is 19.1. The van der Waals surface area contributed by atoms with Crippen molar-refractivity contribution in [3.8, 4) is 11.1 Å². The Hall–Kier alpha value is -2.32. The van der Waals surface area contributed by atoms with Crippen molar-refractivity contribution >= 4 is 23.0 Å². The number of Topliss-reactive ketones (excluding diaryl/α,β-unsaturated/α-hetero) is 1. The van der Waals surface area contributed by atoms with E-state index >= 15 is 0 Å². The zero-order valence-corrected chi connectivity index (χ0v) is 16.2. The minimum Gasteiger partial charge on any atom is -0.511 e. The molecule has 1 fully saturated rings. The number of hydrogen-bond donors (Lipinski definition) is 1. The van der Waals surface area contributed by atoms with Crippen molar-refractivity contribution < 1.29 is 9.90 Å². The number of aliphatic hydroxyl groups is 1. The summed E-state index contributed by atoms with van der Waals surface area (Å²) in [5, 5.41) is 11.7. The summed E-state index contributed by atoms with van der Waals surface area (Å²) in [6, 6.07) is 13.8. The van der Waals surface area contributed by atoms with E-state index in [1.807, 2.05) is 30.3 Å². The fraction of sp³-hybridized carbons (Fsp3) is 0.292. The van der Waals surface area contributed by atoms with E-state index in [0.717, 1.165) is 53.5 Å². The molecule has 0 spiro atoms. The Morgan fingerprint density at radius 2 is 1.74 bits per heavy atom. The largest absolute Gasteiger partial charge is 0.511 e. The molecular weight excluding hydrogens is 356 g/mol. The minimum absolute atomic E-state index is 0.0245. The molecule has 0 heterocycles. The third-order valence-corrected chi connectivity index (χ3v) is 6.22. The van der Waals surface area contributed by atoms with Gasteiger partial charge in [-0.3, -0.25) is 4.79 Å². The smallest absolute Gasteiger partial charge is 0.173 e. The van der Waals surface area contributed by atoms with Gasteiger partial charge in [0.1, 0.15) is 5.76 Å². The van der Waals surface area contributed by atoms with Crippen LogP contribution in [0.15, 0.2) is 60.4 Å². The fourth-order valence-corrected chi connectivity index (χ4v) is 4.56. The Bertz CT molecular complexity index is 953. The summed E-state index contributed by atoms with van der Waals surface area (Å²) in [5.41, 5.74) is 5.38. The number of aliphatic hydroxyl groups excluding tert-OH is 1. The summed E-state index contributed by atoms with van der Waals surface area (Å²) in [7, 11) is 0. The van der Waals surface area contributed by atoms with Crippen molar-refractivity contribution in [1.82, 2.24) is 0 Å². The second-order valence-corrected chi connectivity index (χ2v) is 7.90. The highest BCUT2D eigenvalue weighted by molar-refractivity contribution is 6.30. The first kappa shape index (κ1) is 18.1. The van der Waals surface area contributed by atoms with Crippen LogP contribution < -0.4 is 0 Å². The number of hydrogen-bond acceptors (Lipinski definition) is 2. The molecule has 2 nitrogen and oxygen atoms in total. The van der Waals surface area contributed by atoms with Gasteiger partial charge in [0.2, 0.25) is 0 Å². The number of carbonyl (C=O) groups is 1. The Morgan fingerprint density at radius 1 is 1.07 bits per heavy atom. The minimum atomic E-state index is -0.154. The average Bonchev–Trinajstić information content (AvgIpc) is 2.67. The summed E-state index contributed by atoms with van der Waals surface area (Å²) in [5.74, 6) is -0.000740. The first-order chi connectivity index (χ1) is 13.0. The number of rotatable bonds is 3. The second-order valence-electron chi connectivity index (χ2n) is 7.47. The Balaban J connectivity index is 1.88. The van der Waals surface area contributed by atoms with Gasteiger partial charge in [-0.25, -0.2) is 0 Å². The van der Waals surface area contributed by atoms with E-state index < -0.39 is 0 Å². The standard InChI is InChI=1S/C24H23ClO2/c1-3-15-7-8-17(16-9-11-18(25)12-10-16)13-21(15)22-23(26)19-5-4-6-20(14(19)2)24(22)27/h7-13,19-20,26H,2-6H2,1H3. The molecule has 27 heavy (non-hydrogen) atoms. The van der Waals surface area contributed by atoms with Crippen LogP contribution in [-0.4, -0.2) is 10.9 Å². The van der Waals surface area contributed by atoms with Gasteiger partial charge < -0.3 is 5.11 Å². The Morgan fingerprint density at radius 3 is 2.44 bits per heavy atom. The third kappa shape index (κ3) is 3.02. The molecule has 1 N–H and O–H groups in total. The van der Waals surface area contributed by atoms with E-state index in [2.05, 4.69) is 25.6 Å². The SMILES string of the molecule is C=C1C2CCCC1C(O)=C(c1cc(-c3ccc(Cl)cc3)ccc1CC)C2=O. The average molecular weight is 379 g/mol. The maximum absolute atomic E-state index is 13.2. The molecule has 0 aromatic heterocycles. The third-order valence-electron chi connectivity index (χ3n) is 5.97. The van der Waals surface area contributed by atoms with Crippen molar-refractivity contribution in [2.24, 2.45) is 11.8 Å². The van der Waals surface area contributed by atoms with E-state index in [1.54, 1.807) is 0 Å². The van der Waals surface area contributed by atoms with Crippen molar-refractivity contribution in [3.63, 3.8) is 0 Å². The molecule has 2 aliphatic rings. The molecule has 0 amide bonds. The number of halogens is 1. The van der Waals surface area contributed by atoms with E-state index in [-0.39, 0.29) is 23.4 Å². The number of benzene rings is 2. The lowest BCUT2D eigenvalue weighted by Gasteiger charge is -2.37. The first-order valence-electron chi connectivity index (χ1n) is 9.56. The van der Waals surface area contributed by atoms with Crippen LogP contribution >= 0.6 is 11.6 Å². The van der Waals surface area contributed by atoms with Gasteiger partial charge in [0.25, 0.3) is 0 Å². The molecular formula is C24H23ClO2. The highest BCUT2D eigenvalue weighted by Crippen LogP contribution is 2.47. The van der Waals surface area contributed by atoms with E-state index in [4.69, 9.17) is 11.6 Å². The number of aryl methyl sites for hydroxylation is 1. The Kier molecular flexibility index (Phi) is 4.69. The molecule has 2 unspecified atom stereocenters. The van der Waals surface area contributed by atoms with Gasteiger partial charge in [0.15, 0.2) is 5.78 Å².